The van der Waals surface area contributed by atoms with E-state index in [1.165, 1.54) is 22.3 Å². The van der Waals surface area contributed by atoms with Crippen LogP contribution in [0.5, 0.6) is 0 Å². The number of rotatable bonds is 5. The van der Waals surface area contributed by atoms with Crippen LogP contribution in [0, 0.1) is 20.8 Å². The Morgan fingerprint density at radius 3 is 2.24 bits per heavy atom. The van der Waals surface area contributed by atoms with Crippen LogP contribution in [0.3, 0.4) is 0 Å². The summed E-state index contributed by atoms with van der Waals surface area (Å²) in [4.78, 5) is 0.908. The van der Waals surface area contributed by atoms with Gasteiger partial charge in [-0.3, -0.25) is 4.21 Å². The van der Waals surface area contributed by atoms with Crippen LogP contribution in [0.1, 0.15) is 28.3 Å². The third-order valence-electron chi connectivity index (χ3n) is 3.89. The molecule has 0 aromatic heterocycles. The summed E-state index contributed by atoms with van der Waals surface area (Å²) in [5.74, 6) is 0.585. The molecular weight excluding hydrogens is 278 g/mol. The van der Waals surface area contributed by atoms with Crippen molar-refractivity contribution in [3.8, 4) is 0 Å². The first-order chi connectivity index (χ1) is 10.0. The first kappa shape index (κ1) is 15.9. The molecule has 0 aliphatic carbocycles. The van der Waals surface area contributed by atoms with Gasteiger partial charge >= 0.3 is 0 Å². The summed E-state index contributed by atoms with van der Waals surface area (Å²) in [6.45, 7) is 6.21. The predicted molar refractivity (Wildman–Crippen MR) is 90.2 cm³/mol. The van der Waals surface area contributed by atoms with Crippen LogP contribution in [0.25, 0.3) is 0 Å². The zero-order valence-electron chi connectivity index (χ0n) is 13.1. The molecule has 2 rings (SSSR count). The molecule has 2 nitrogen and oxygen atoms in total. The van der Waals surface area contributed by atoms with Crippen molar-refractivity contribution in [1.82, 2.24) is 5.32 Å². The average molecular weight is 301 g/mol. The molecule has 0 radical (unpaired) electrons. The van der Waals surface area contributed by atoms with Gasteiger partial charge in [0.05, 0.1) is 10.8 Å². The first-order valence-electron chi connectivity index (χ1n) is 7.20. The average Bonchev–Trinajstić information content (AvgIpc) is 2.48. The Balaban J connectivity index is 2.15. The lowest BCUT2D eigenvalue weighted by atomic mass is 10.1. The number of nitrogens with one attached hydrogen (secondary N) is 1. The summed E-state index contributed by atoms with van der Waals surface area (Å²) in [7, 11) is 0.919. The van der Waals surface area contributed by atoms with Crippen LogP contribution in [-0.2, 0) is 10.8 Å². The van der Waals surface area contributed by atoms with Gasteiger partial charge in [-0.15, -0.1) is 0 Å². The van der Waals surface area contributed by atoms with Crippen molar-refractivity contribution in [2.75, 3.05) is 12.8 Å². The topological polar surface area (TPSA) is 29.1 Å². The minimum atomic E-state index is -1.00. The van der Waals surface area contributed by atoms with Crippen molar-refractivity contribution in [2.45, 2.75) is 31.7 Å². The molecule has 0 spiro atoms. The fraction of sp³-hybridized carbons (Fsp3) is 0.333. The monoisotopic (exact) mass is 301 g/mol. The van der Waals surface area contributed by atoms with Crippen molar-refractivity contribution < 1.29 is 4.21 Å². The second-order valence-corrected chi connectivity index (χ2v) is 7.01. The zero-order valence-corrected chi connectivity index (χ0v) is 14.0. The number of hydrogen-bond acceptors (Lipinski definition) is 2. The standard InChI is InChI=1S/C18H23NOS/c1-13-5-8-16(9-6-13)18(19-4)12-21(20)17-10-7-14(2)15(3)11-17/h5-11,18-19H,12H2,1-4H3. The Kier molecular flexibility index (Phi) is 5.32. The van der Waals surface area contributed by atoms with Gasteiger partial charge in [-0.2, -0.15) is 0 Å². The van der Waals surface area contributed by atoms with E-state index in [1.54, 1.807) is 0 Å². The molecule has 0 amide bonds. The van der Waals surface area contributed by atoms with Gasteiger partial charge in [-0.25, -0.2) is 0 Å². The van der Waals surface area contributed by atoms with Gasteiger partial charge in [-0.1, -0.05) is 35.9 Å². The Morgan fingerprint density at radius 1 is 1.00 bits per heavy atom. The summed E-state index contributed by atoms with van der Waals surface area (Å²) in [6.07, 6.45) is 0. The molecule has 2 aromatic carbocycles. The Morgan fingerprint density at radius 2 is 1.67 bits per heavy atom. The molecule has 0 bridgehead atoms. The van der Waals surface area contributed by atoms with E-state index in [0.717, 1.165) is 4.90 Å². The zero-order chi connectivity index (χ0) is 15.4. The van der Waals surface area contributed by atoms with Gasteiger partial charge in [0.1, 0.15) is 0 Å². The normalized spacial score (nSPS) is 13.9. The van der Waals surface area contributed by atoms with Crippen LogP contribution >= 0.6 is 0 Å². The van der Waals surface area contributed by atoms with Crippen molar-refractivity contribution in [2.24, 2.45) is 0 Å². The van der Waals surface area contributed by atoms with Crippen LogP contribution in [0.15, 0.2) is 47.4 Å². The Hall–Kier alpha value is -1.45. The van der Waals surface area contributed by atoms with Gasteiger partial charge in [0, 0.05) is 16.7 Å². The molecular formula is C18H23NOS. The van der Waals surface area contributed by atoms with E-state index in [1.807, 2.05) is 25.2 Å². The molecule has 2 aromatic rings. The number of aryl methyl sites for hydroxylation is 3. The van der Waals surface area contributed by atoms with E-state index in [9.17, 15) is 4.21 Å². The van der Waals surface area contributed by atoms with Crippen LogP contribution in [0.2, 0.25) is 0 Å². The summed E-state index contributed by atoms with van der Waals surface area (Å²) < 4.78 is 12.6. The lowest BCUT2D eigenvalue weighted by molar-refractivity contribution is 0.635. The number of hydrogen-bond donors (Lipinski definition) is 1. The van der Waals surface area contributed by atoms with Crippen LogP contribution in [-0.4, -0.2) is 17.0 Å². The maximum atomic E-state index is 12.6. The summed E-state index contributed by atoms with van der Waals surface area (Å²) in [5.41, 5.74) is 4.85. The van der Waals surface area contributed by atoms with E-state index in [4.69, 9.17) is 0 Å². The van der Waals surface area contributed by atoms with E-state index >= 15 is 0 Å². The van der Waals surface area contributed by atoms with Crippen LogP contribution in [0.4, 0.5) is 0 Å². The summed E-state index contributed by atoms with van der Waals surface area (Å²) >= 11 is 0. The van der Waals surface area contributed by atoms with Crippen molar-refractivity contribution in [3.63, 3.8) is 0 Å². The molecule has 112 valence electrons. The molecule has 21 heavy (non-hydrogen) atoms. The van der Waals surface area contributed by atoms with Gasteiger partial charge in [0.15, 0.2) is 0 Å². The summed E-state index contributed by atoms with van der Waals surface area (Å²) in [6, 6.07) is 14.6. The first-order valence-corrected chi connectivity index (χ1v) is 8.52. The van der Waals surface area contributed by atoms with E-state index < -0.39 is 10.8 Å². The molecule has 1 N–H and O–H groups in total. The summed E-state index contributed by atoms with van der Waals surface area (Å²) in [5, 5.41) is 3.27. The van der Waals surface area contributed by atoms with Crippen molar-refractivity contribution in [1.29, 1.82) is 0 Å². The molecule has 0 aliphatic rings. The van der Waals surface area contributed by atoms with Gasteiger partial charge in [0.2, 0.25) is 0 Å². The molecule has 0 fully saturated rings. The minimum absolute atomic E-state index is 0.105. The molecule has 2 atom stereocenters. The van der Waals surface area contributed by atoms with Gasteiger partial charge in [0.25, 0.3) is 0 Å². The molecule has 2 unspecified atom stereocenters. The van der Waals surface area contributed by atoms with Gasteiger partial charge < -0.3 is 5.32 Å². The molecule has 0 heterocycles. The SMILES string of the molecule is CNC(CS(=O)c1ccc(C)c(C)c1)c1ccc(C)cc1. The fourth-order valence-corrected chi connectivity index (χ4v) is 3.63. The van der Waals surface area contributed by atoms with Crippen molar-refractivity contribution in [3.05, 3.63) is 64.7 Å². The molecule has 3 heteroatoms. The van der Waals surface area contributed by atoms with Crippen LogP contribution < -0.4 is 5.32 Å². The molecule has 0 saturated heterocycles. The molecule has 0 aliphatic heterocycles. The highest BCUT2D eigenvalue weighted by molar-refractivity contribution is 7.85. The maximum Gasteiger partial charge on any atom is 0.0548 e. The highest BCUT2D eigenvalue weighted by Crippen LogP contribution is 2.19. The van der Waals surface area contributed by atoms with E-state index in [0.29, 0.717) is 5.75 Å². The van der Waals surface area contributed by atoms with Crippen molar-refractivity contribution >= 4 is 10.8 Å². The lowest BCUT2D eigenvalue weighted by Crippen LogP contribution is -2.22. The smallest absolute Gasteiger partial charge is 0.0548 e. The second-order valence-electron chi connectivity index (χ2n) is 5.51. The fourth-order valence-electron chi connectivity index (χ4n) is 2.25. The lowest BCUT2D eigenvalue weighted by Gasteiger charge is -2.17. The minimum Gasteiger partial charge on any atom is -0.312 e. The quantitative estimate of drug-likeness (QED) is 0.913. The highest BCUT2D eigenvalue weighted by Gasteiger charge is 2.14. The van der Waals surface area contributed by atoms with E-state index in [2.05, 4.69) is 50.4 Å². The maximum absolute atomic E-state index is 12.6. The van der Waals surface area contributed by atoms with E-state index in [-0.39, 0.29) is 6.04 Å². The largest absolute Gasteiger partial charge is 0.312 e. The molecule has 0 saturated carbocycles. The van der Waals surface area contributed by atoms with Gasteiger partial charge in [-0.05, 0) is 56.6 Å². The Bertz CT molecular complexity index is 634. The predicted octanol–water partition coefficient (Wildman–Crippen LogP) is 3.68. The highest BCUT2D eigenvalue weighted by atomic mass is 32.2. The Labute approximate surface area is 130 Å². The third kappa shape index (κ3) is 4.02. The third-order valence-corrected chi connectivity index (χ3v) is 5.30. The number of benzene rings is 2. The second kappa shape index (κ2) is 7.01.